The molecule has 11 heteroatoms. The molecule has 1 unspecified atom stereocenters. The number of aliphatic carboxylic acids is 2. The number of nitrogens with one attached hydrogen (secondary N) is 1. The lowest BCUT2D eigenvalue weighted by Crippen LogP contribution is -2.22. The van der Waals surface area contributed by atoms with E-state index in [1.165, 1.54) is 24.0 Å². The van der Waals surface area contributed by atoms with E-state index in [4.69, 9.17) is 24.8 Å². The molecular weight excluding hydrogens is 448 g/mol. The van der Waals surface area contributed by atoms with Gasteiger partial charge in [0.05, 0.1) is 22.5 Å². The summed E-state index contributed by atoms with van der Waals surface area (Å²) in [4.78, 5) is 23.2. The Kier molecular flexibility index (Phi) is 8.69. The molecule has 3 aromatic rings. The Morgan fingerprint density at radius 2 is 1.70 bits per heavy atom. The second kappa shape index (κ2) is 11.0. The molecule has 1 atom stereocenters. The Morgan fingerprint density at radius 3 is 2.21 bits per heavy atom. The standard InChI is InChI=1S/C20H26N4O2S.C2H2O4/c1-5-24-19-12-11-17(27(25,26)23(3)4)13-18(19)22-20(24)14-21-15(2)16-9-7-6-8-10-16;3-1(4)2(5)6/h6-13,15,21H,5,14H2,1-4H3;(H,3,4)(H,5,6). The molecule has 0 fully saturated rings. The molecule has 3 rings (SSSR count). The van der Waals surface area contributed by atoms with Gasteiger partial charge in [0, 0.05) is 26.7 Å². The van der Waals surface area contributed by atoms with Crippen LogP contribution in [0.25, 0.3) is 11.0 Å². The van der Waals surface area contributed by atoms with E-state index in [-0.39, 0.29) is 10.9 Å². The molecule has 0 aliphatic heterocycles. The van der Waals surface area contributed by atoms with E-state index < -0.39 is 22.0 Å². The average Bonchev–Trinajstić information content (AvgIpc) is 3.14. The van der Waals surface area contributed by atoms with E-state index >= 15 is 0 Å². The first-order chi connectivity index (χ1) is 15.5. The summed E-state index contributed by atoms with van der Waals surface area (Å²) in [6.07, 6.45) is 0. The van der Waals surface area contributed by atoms with Crippen molar-refractivity contribution in [2.75, 3.05) is 14.1 Å². The van der Waals surface area contributed by atoms with Crippen LogP contribution in [0.3, 0.4) is 0 Å². The maximum absolute atomic E-state index is 12.4. The normalized spacial score (nSPS) is 12.3. The fourth-order valence-electron chi connectivity index (χ4n) is 3.12. The second-order valence-electron chi connectivity index (χ2n) is 7.33. The molecule has 0 aliphatic carbocycles. The molecule has 2 aromatic carbocycles. The number of aryl methyl sites for hydroxylation is 1. The maximum atomic E-state index is 12.4. The van der Waals surface area contributed by atoms with E-state index in [2.05, 4.69) is 35.9 Å². The number of aromatic nitrogens is 2. The highest BCUT2D eigenvalue weighted by Crippen LogP contribution is 2.22. The van der Waals surface area contributed by atoms with Crippen LogP contribution in [0.1, 0.15) is 31.3 Å². The number of benzene rings is 2. The van der Waals surface area contributed by atoms with Gasteiger partial charge in [0.15, 0.2) is 0 Å². The minimum atomic E-state index is -3.47. The quantitative estimate of drug-likeness (QED) is 0.441. The fraction of sp³-hybridized carbons (Fsp3) is 0.318. The second-order valence-corrected chi connectivity index (χ2v) is 9.49. The highest BCUT2D eigenvalue weighted by atomic mass is 32.2. The van der Waals surface area contributed by atoms with Gasteiger partial charge >= 0.3 is 11.9 Å². The zero-order valence-electron chi connectivity index (χ0n) is 18.9. The first-order valence-corrected chi connectivity index (χ1v) is 11.6. The number of nitrogens with zero attached hydrogens (tertiary/aromatic N) is 3. The van der Waals surface area contributed by atoms with Crippen LogP contribution >= 0.6 is 0 Å². The van der Waals surface area contributed by atoms with Gasteiger partial charge in [-0.15, -0.1) is 0 Å². The van der Waals surface area contributed by atoms with Crippen molar-refractivity contribution in [3.8, 4) is 0 Å². The van der Waals surface area contributed by atoms with Crippen molar-refractivity contribution in [2.45, 2.75) is 37.9 Å². The number of rotatable bonds is 7. The summed E-state index contributed by atoms with van der Waals surface area (Å²) in [6, 6.07) is 15.6. The van der Waals surface area contributed by atoms with Crippen LogP contribution in [0.15, 0.2) is 53.4 Å². The molecule has 0 radical (unpaired) electrons. The Hall–Kier alpha value is -3.28. The van der Waals surface area contributed by atoms with Crippen molar-refractivity contribution < 1.29 is 28.2 Å². The molecule has 33 heavy (non-hydrogen) atoms. The van der Waals surface area contributed by atoms with Crippen LogP contribution in [0.5, 0.6) is 0 Å². The number of carboxylic acids is 2. The van der Waals surface area contributed by atoms with Crippen molar-refractivity contribution in [3.63, 3.8) is 0 Å². The SMILES string of the molecule is CCn1c(CNC(C)c2ccccc2)nc2cc(S(=O)(=O)N(C)C)ccc21.O=C(O)C(=O)O. The predicted octanol–water partition coefficient (Wildman–Crippen LogP) is 2.31. The van der Waals surface area contributed by atoms with Gasteiger partial charge in [-0.25, -0.2) is 27.3 Å². The van der Waals surface area contributed by atoms with E-state index in [1.807, 2.05) is 24.3 Å². The molecule has 0 saturated heterocycles. The van der Waals surface area contributed by atoms with Crippen LogP contribution in [0.4, 0.5) is 0 Å². The molecule has 0 spiro atoms. The zero-order chi connectivity index (χ0) is 24.8. The predicted molar refractivity (Wildman–Crippen MR) is 123 cm³/mol. The number of hydrogen-bond donors (Lipinski definition) is 3. The van der Waals surface area contributed by atoms with Gasteiger partial charge in [-0.3, -0.25) is 0 Å². The third-order valence-corrected chi connectivity index (χ3v) is 6.75. The summed E-state index contributed by atoms with van der Waals surface area (Å²) in [5.41, 5.74) is 2.86. The van der Waals surface area contributed by atoms with Crippen LogP contribution in [0, 0.1) is 0 Å². The van der Waals surface area contributed by atoms with Crippen LogP contribution in [-0.4, -0.2) is 58.5 Å². The number of fused-ring (bicyclic) bond motifs is 1. The largest absolute Gasteiger partial charge is 0.473 e. The molecule has 3 N–H and O–H groups in total. The van der Waals surface area contributed by atoms with Gasteiger partial charge in [0.2, 0.25) is 10.0 Å². The van der Waals surface area contributed by atoms with Crippen LogP contribution in [-0.2, 0) is 32.7 Å². The topological polar surface area (TPSA) is 142 Å². The highest BCUT2D eigenvalue weighted by Gasteiger charge is 2.19. The van der Waals surface area contributed by atoms with E-state index in [9.17, 15) is 8.42 Å². The summed E-state index contributed by atoms with van der Waals surface area (Å²) >= 11 is 0. The van der Waals surface area contributed by atoms with Crippen molar-refractivity contribution in [1.29, 1.82) is 0 Å². The first-order valence-electron chi connectivity index (χ1n) is 10.1. The van der Waals surface area contributed by atoms with Gasteiger partial charge in [-0.1, -0.05) is 30.3 Å². The van der Waals surface area contributed by atoms with Crippen molar-refractivity contribution in [2.24, 2.45) is 0 Å². The van der Waals surface area contributed by atoms with Crippen molar-refractivity contribution in [3.05, 3.63) is 59.9 Å². The molecule has 1 heterocycles. The Labute approximate surface area is 192 Å². The molecule has 0 bridgehead atoms. The number of carbonyl (C=O) groups is 2. The fourth-order valence-corrected chi connectivity index (χ4v) is 4.04. The molecular formula is C22H28N4O6S. The van der Waals surface area contributed by atoms with Crippen LogP contribution in [0.2, 0.25) is 0 Å². The Balaban J connectivity index is 0.000000569. The third kappa shape index (κ3) is 6.37. The number of hydrogen-bond acceptors (Lipinski definition) is 6. The van der Waals surface area contributed by atoms with Gasteiger partial charge in [-0.2, -0.15) is 0 Å². The van der Waals surface area contributed by atoms with Gasteiger partial charge in [-0.05, 0) is 37.6 Å². The molecule has 0 amide bonds. The third-order valence-electron chi connectivity index (χ3n) is 4.94. The minimum Gasteiger partial charge on any atom is -0.473 e. The van der Waals surface area contributed by atoms with Gasteiger partial charge in [0.1, 0.15) is 5.82 Å². The number of sulfonamides is 1. The lowest BCUT2D eigenvalue weighted by molar-refractivity contribution is -0.159. The Morgan fingerprint density at radius 1 is 1.09 bits per heavy atom. The summed E-state index contributed by atoms with van der Waals surface area (Å²) in [5.74, 6) is -2.75. The molecule has 0 aliphatic rings. The monoisotopic (exact) mass is 476 g/mol. The smallest absolute Gasteiger partial charge is 0.414 e. The van der Waals surface area contributed by atoms with Crippen molar-refractivity contribution in [1.82, 2.24) is 19.2 Å². The van der Waals surface area contributed by atoms with Gasteiger partial charge in [0.25, 0.3) is 0 Å². The summed E-state index contributed by atoms with van der Waals surface area (Å²) in [7, 11) is -0.408. The Bertz CT molecular complexity index is 1210. The highest BCUT2D eigenvalue weighted by molar-refractivity contribution is 7.89. The van der Waals surface area contributed by atoms with E-state index in [1.54, 1.807) is 12.1 Å². The lowest BCUT2D eigenvalue weighted by atomic mass is 10.1. The average molecular weight is 477 g/mol. The number of imidazole rings is 1. The van der Waals surface area contributed by atoms with Crippen molar-refractivity contribution >= 4 is 33.0 Å². The summed E-state index contributed by atoms with van der Waals surface area (Å²) in [5, 5.41) is 18.3. The van der Waals surface area contributed by atoms with E-state index in [0.29, 0.717) is 12.1 Å². The zero-order valence-corrected chi connectivity index (χ0v) is 19.7. The molecule has 0 saturated carbocycles. The molecule has 1 aromatic heterocycles. The number of carboxylic acid groups (broad SMARTS) is 2. The van der Waals surface area contributed by atoms with Crippen LogP contribution < -0.4 is 5.32 Å². The summed E-state index contributed by atoms with van der Waals surface area (Å²) < 4.78 is 28.1. The van der Waals surface area contributed by atoms with E-state index in [0.717, 1.165) is 17.9 Å². The summed E-state index contributed by atoms with van der Waals surface area (Å²) in [6.45, 7) is 5.56. The van der Waals surface area contributed by atoms with Gasteiger partial charge < -0.3 is 20.1 Å². The molecule has 10 nitrogen and oxygen atoms in total. The lowest BCUT2D eigenvalue weighted by Gasteiger charge is -2.14. The minimum absolute atomic E-state index is 0.195. The first kappa shape index (κ1) is 26.0. The maximum Gasteiger partial charge on any atom is 0.414 e. The molecule has 178 valence electrons.